The second-order valence-electron chi connectivity index (χ2n) is 10.0. The van der Waals surface area contributed by atoms with E-state index in [-0.39, 0.29) is 6.03 Å². The van der Waals surface area contributed by atoms with Crippen molar-refractivity contribution in [3.05, 3.63) is 83.1 Å². The van der Waals surface area contributed by atoms with Crippen LogP contribution in [0.25, 0.3) is 0 Å². The topological polar surface area (TPSA) is 86.9 Å². The van der Waals surface area contributed by atoms with E-state index in [1.807, 2.05) is 50.2 Å². The SMILES string of the molecule is C=C(CCCCc1ccc(CC(C)(C)C(=O)O)cc1)N(CCC)C(=O)N(N)Cc1ccc(C)cc1. The molecular weight excluding hydrogens is 438 g/mol. The normalized spacial score (nSPS) is 11.2. The fourth-order valence-electron chi connectivity index (χ4n) is 3.93. The molecule has 3 N–H and O–H groups in total. The van der Waals surface area contributed by atoms with Gasteiger partial charge in [0, 0.05) is 12.2 Å². The van der Waals surface area contributed by atoms with Crippen molar-refractivity contribution in [3.8, 4) is 0 Å². The number of aliphatic carboxylic acids is 1. The molecule has 6 heteroatoms. The summed E-state index contributed by atoms with van der Waals surface area (Å²) in [6.45, 7) is 12.7. The molecule has 0 saturated heterocycles. The van der Waals surface area contributed by atoms with Gasteiger partial charge in [0.15, 0.2) is 0 Å². The number of carbonyl (C=O) groups excluding carboxylic acids is 1. The quantitative estimate of drug-likeness (QED) is 0.158. The van der Waals surface area contributed by atoms with Crippen LogP contribution in [-0.2, 0) is 24.2 Å². The number of urea groups is 1. The molecule has 0 aromatic heterocycles. The second kappa shape index (κ2) is 13.1. The summed E-state index contributed by atoms with van der Waals surface area (Å²) in [6.07, 6.45) is 4.88. The van der Waals surface area contributed by atoms with Crippen LogP contribution in [0.4, 0.5) is 4.79 Å². The van der Waals surface area contributed by atoms with Crippen LogP contribution in [0.2, 0.25) is 0 Å². The Hall–Kier alpha value is -3.12. The predicted molar refractivity (Wildman–Crippen MR) is 142 cm³/mol. The van der Waals surface area contributed by atoms with Crippen LogP contribution < -0.4 is 5.84 Å². The Morgan fingerprint density at radius 2 is 1.54 bits per heavy atom. The monoisotopic (exact) mass is 479 g/mol. The van der Waals surface area contributed by atoms with Gasteiger partial charge in [0.05, 0.1) is 12.0 Å². The number of nitrogens with two attached hydrogens (primary N) is 1. The van der Waals surface area contributed by atoms with Crippen molar-refractivity contribution in [3.63, 3.8) is 0 Å². The summed E-state index contributed by atoms with van der Waals surface area (Å²) in [5.74, 6) is 5.34. The van der Waals surface area contributed by atoms with E-state index in [1.165, 1.54) is 16.1 Å². The number of carbonyl (C=O) groups is 2. The summed E-state index contributed by atoms with van der Waals surface area (Å²) in [4.78, 5) is 26.0. The van der Waals surface area contributed by atoms with E-state index in [0.29, 0.717) is 19.5 Å². The number of carboxylic acids is 1. The Labute approximate surface area is 210 Å². The Morgan fingerprint density at radius 3 is 2.11 bits per heavy atom. The van der Waals surface area contributed by atoms with E-state index >= 15 is 0 Å². The van der Waals surface area contributed by atoms with Gasteiger partial charge in [-0.25, -0.2) is 10.6 Å². The van der Waals surface area contributed by atoms with Gasteiger partial charge in [-0.2, -0.15) is 0 Å². The molecule has 0 atom stereocenters. The van der Waals surface area contributed by atoms with Crippen LogP contribution in [0.1, 0.15) is 68.7 Å². The van der Waals surface area contributed by atoms with E-state index in [2.05, 4.69) is 18.7 Å². The van der Waals surface area contributed by atoms with E-state index in [1.54, 1.807) is 18.7 Å². The van der Waals surface area contributed by atoms with Gasteiger partial charge in [-0.05, 0) is 76.0 Å². The minimum atomic E-state index is -0.787. The lowest BCUT2D eigenvalue weighted by Crippen LogP contribution is -2.46. The minimum absolute atomic E-state index is 0.225. The van der Waals surface area contributed by atoms with E-state index in [9.17, 15) is 14.7 Å². The lowest BCUT2D eigenvalue weighted by molar-refractivity contribution is -0.146. The molecule has 0 radical (unpaired) electrons. The highest BCUT2D eigenvalue weighted by molar-refractivity contribution is 5.75. The molecule has 2 aromatic carbocycles. The summed E-state index contributed by atoms with van der Waals surface area (Å²) in [5.41, 5.74) is 4.43. The highest BCUT2D eigenvalue weighted by atomic mass is 16.4. The fraction of sp³-hybridized carbons (Fsp3) is 0.448. The maximum atomic E-state index is 13.0. The first-order chi connectivity index (χ1) is 16.5. The number of amides is 2. The van der Waals surface area contributed by atoms with Crippen molar-refractivity contribution in [1.82, 2.24) is 9.91 Å². The van der Waals surface area contributed by atoms with Gasteiger partial charge in [0.1, 0.15) is 0 Å². The van der Waals surface area contributed by atoms with Gasteiger partial charge in [0.25, 0.3) is 0 Å². The first-order valence-electron chi connectivity index (χ1n) is 12.4. The van der Waals surface area contributed by atoms with Gasteiger partial charge >= 0.3 is 12.0 Å². The van der Waals surface area contributed by atoms with Gasteiger partial charge < -0.3 is 5.11 Å². The highest BCUT2D eigenvalue weighted by Crippen LogP contribution is 2.23. The Kier molecular flexibility index (Phi) is 10.5. The standard InChI is InChI=1S/C29H41N3O3/c1-6-19-31(28(35)32(30)21-26-13-11-22(2)12-14-26)23(3)9-7-8-10-24-15-17-25(18-16-24)20-29(4,5)27(33)34/h11-18H,3,6-10,19-21,30H2,1-2,4-5H3,(H,33,34). The number of hydrazine groups is 1. The molecule has 0 aliphatic heterocycles. The van der Waals surface area contributed by atoms with Gasteiger partial charge in [0.2, 0.25) is 0 Å². The van der Waals surface area contributed by atoms with E-state index in [4.69, 9.17) is 5.84 Å². The first kappa shape index (κ1) is 28.1. The van der Waals surface area contributed by atoms with Crippen molar-refractivity contribution < 1.29 is 14.7 Å². The smallest absolute Gasteiger partial charge is 0.338 e. The maximum Gasteiger partial charge on any atom is 0.338 e. The molecule has 2 rings (SSSR count). The maximum absolute atomic E-state index is 13.0. The average Bonchev–Trinajstić information content (AvgIpc) is 2.81. The zero-order valence-corrected chi connectivity index (χ0v) is 21.7. The van der Waals surface area contributed by atoms with E-state index < -0.39 is 11.4 Å². The summed E-state index contributed by atoms with van der Waals surface area (Å²) >= 11 is 0. The number of allylic oxidation sites excluding steroid dienone is 1. The summed E-state index contributed by atoms with van der Waals surface area (Å²) in [7, 11) is 0. The largest absolute Gasteiger partial charge is 0.481 e. The Bertz CT molecular complexity index is 981. The van der Waals surface area contributed by atoms with Crippen LogP contribution in [0.5, 0.6) is 0 Å². The molecule has 0 aliphatic rings. The van der Waals surface area contributed by atoms with Crippen LogP contribution in [0.15, 0.2) is 60.8 Å². The van der Waals surface area contributed by atoms with Crippen LogP contribution in [0, 0.1) is 12.3 Å². The number of hydrogen-bond acceptors (Lipinski definition) is 3. The van der Waals surface area contributed by atoms with Crippen molar-refractivity contribution in [1.29, 1.82) is 0 Å². The second-order valence-corrected chi connectivity index (χ2v) is 10.0. The third-order valence-corrected chi connectivity index (χ3v) is 6.21. The molecule has 35 heavy (non-hydrogen) atoms. The average molecular weight is 480 g/mol. The predicted octanol–water partition coefficient (Wildman–Crippen LogP) is 6.08. The van der Waals surface area contributed by atoms with Crippen molar-refractivity contribution in [2.75, 3.05) is 6.54 Å². The summed E-state index contributed by atoms with van der Waals surface area (Å²) in [5, 5.41) is 10.6. The molecule has 0 aliphatic carbocycles. The van der Waals surface area contributed by atoms with Gasteiger partial charge in [-0.3, -0.25) is 14.7 Å². The number of carboxylic acid groups (broad SMARTS) is 1. The number of benzene rings is 2. The highest BCUT2D eigenvalue weighted by Gasteiger charge is 2.27. The molecule has 190 valence electrons. The lowest BCUT2D eigenvalue weighted by Gasteiger charge is -2.29. The number of rotatable bonds is 13. The number of nitrogens with zero attached hydrogens (tertiary/aromatic N) is 2. The minimum Gasteiger partial charge on any atom is -0.481 e. The zero-order chi connectivity index (χ0) is 26.0. The fourth-order valence-corrected chi connectivity index (χ4v) is 3.93. The summed E-state index contributed by atoms with van der Waals surface area (Å²) in [6, 6.07) is 16.0. The number of hydrogen-bond donors (Lipinski definition) is 2. The lowest BCUT2D eigenvalue weighted by atomic mass is 9.85. The third kappa shape index (κ3) is 8.87. The van der Waals surface area contributed by atoms with Crippen molar-refractivity contribution in [2.24, 2.45) is 11.3 Å². The molecule has 6 nitrogen and oxygen atoms in total. The molecule has 0 fully saturated rings. The number of unbranched alkanes of at least 4 members (excludes halogenated alkanes) is 1. The van der Waals surface area contributed by atoms with Gasteiger partial charge in [-0.1, -0.05) is 67.6 Å². The Balaban J connectivity index is 1.83. The first-order valence-corrected chi connectivity index (χ1v) is 12.4. The zero-order valence-electron chi connectivity index (χ0n) is 21.7. The van der Waals surface area contributed by atoms with Crippen LogP contribution in [-0.4, -0.2) is 33.6 Å². The number of aryl methyl sites for hydroxylation is 2. The molecule has 0 bridgehead atoms. The van der Waals surface area contributed by atoms with Crippen molar-refractivity contribution in [2.45, 2.75) is 72.8 Å². The molecule has 0 spiro atoms. The summed E-state index contributed by atoms with van der Waals surface area (Å²) < 4.78 is 0. The molecule has 0 heterocycles. The van der Waals surface area contributed by atoms with E-state index in [0.717, 1.165) is 48.9 Å². The van der Waals surface area contributed by atoms with Crippen LogP contribution in [0.3, 0.4) is 0 Å². The molecular formula is C29H41N3O3. The van der Waals surface area contributed by atoms with Gasteiger partial charge in [-0.15, -0.1) is 0 Å². The molecule has 2 amide bonds. The van der Waals surface area contributed by atoms with Crippen molar-refractivity contribution >= 4 is 12.0 Å². The molecule has 0 saturated carbocycles. The Morgan fingerprint density at radius 1 is 0.971 bits per heavy atom. The third-order valence-electron chi connectivity index (χ3n) is 6.21. The van der Waals surface area contributed by atoms with Crippen LogP contribution >= 0.6 is 0 Å². The molecule has 2 aromatic rings. The molecule has 0 unspecified atom stereocenters.